The first-order valence-corrected chi connectivity index (χ1v) is 6.31. The Morgan fingerprint density at radius 2 is 2.00 bits per heavy atom. The van der Waals surface area contributed by atoms with E-state index >= 15 is 0 Å². The van der Waals surface area contributed by atoms with E-state index in [-0.39, 0.29) is 17.3 Å². The van der Waals surface area contributed by atoms with Crippen molar-refractivity contribution in [3.63, 3.8) is 0 Å². The van der Waals surface area contributed by atoms with Gasteiger partial charge in [-0.25, -0.2) is 4.39 Å². The first kappa shape index (κ1) is 12.7. The molecule has 0 unspecified atom stereocenters. The maximum Gasteiger partial charge on any atom is 0.197 e. The van der Waals surface area contributed by atoms with Crippen molar-refractivity contribution >= 4 is 34.0 Å². The number of aromatic nitrogens is 1. The zero-order valence-corrected chi connectivity index (χ0v) is 11.0. The van der Waals surface area contributed by atoms with Gasteiger partial charge in [-0.2, -0.15) is 0 Å². The van der Waals surface area contributed by atoms with Crippen LogP contribution in [0.5, 0.6) is 0 Å². The lowest BCUT2D eigenvalue weighted by Gasteiger charge is -2.05. The topological polar surface area (TPSA) is 58.9 Å². The summed E-state index contributed by atoms with van der Waals surface area (Å²) in [5, 5.41) is 0.984. The molecule has 0 fully saturated rings. The Morgan fingerprint density at radius 3 is 2.80 bits per heavy atom. The molecule has 0 aliphatic carbocycles. The highest BCUT2D eigenvalue weighted by Crippen LogP contribution is 2.27. The second kappa shape index (κ2) is 4.65. The van der Waals surface area contributed by atoms with Gasteiger partial charge in [-0.1, -0.05) is 17.7 Å². The number of carbonyl (C=O) groups excluding carboxylic acids is 1. The zero-order chi connectivity index (χ0) is 14.3. The number of rotatable bonds is 2. The van der Waals surface area contributed by atoms with Crippen LogP contribution in [0.25, 0.3) is 10.9 Å². The largest absolute Gasteiger partial charge is 0.397 e. The minimum Gasteiger partial charge on any atom is -0.397 e. The fourth-order valence-electron chi connectivity index (χ4n) is 2.17. The second-order valence-electron chi connectivity index (χ2n) is 4.42. The molecule has 3 rings (SSSR count). The van der Waals surface area contributed by atoms with Crippen molar-refractivity contribution in [3.8, 4) is 0 Å². The van der Waals surface area contributed by atoms with Crippen molar-refractivity contribution in [1.29, 1.82) is 0 Å². The summed E-state index contributed by atoms with van der Waals surface area (Å²) in [6.07, 6.45) is 1.55. The monoisotopic (exact) mass is 288 g/mol. The molecule has 2 aromatic carbocycles. The fraction of sp³-hybridized carbons (Fsp3) is 0. The van der Waals surface area contributed by atoms with E-state index in [0.29, 0.717) is 27.1 Å². The Morgan fingerprint density at radius 1 is 1.20 bits per heavy atom. The highest BCUT2D eigenvalue weighted by atomic mass is 35.5. The molecule has 0 saturated heterocycles. The van der Waals surface area contributed by atoms with Gasteiger partial charge in [-0.3, -0.25) is 4.79 Å². The van der Waals surface area contributed by atoms with Crippen LogP contribution < -0.4 is 5.73 Å². The third kappa shape index (κ3) is 1.94. The van der Waals surface area contributed by atoms with E-state index in [1.807, 2.05) is 0 Å². The third-order valence-electron chi connectivity index (χ3n) is 3.19. The molecule has 0 atom stereocenters. The van der Waals surface area contributed by atoms with Gasteiger partial charge in [-0.15, -0.1) is 0 Å². The average Bonchev–Trinajstić information content (AvgIpc) is 2.84. The predicted octanol–water partition coefficient (Wildman–Crippen LogP) is 3.77. The van der Waals surface area contributed by atoms with E-state index < -0.39 is 0 Å². The number of anilines is 1. The molecule has 100 valence electrons. The average molecular weight is 289 g/mol. The molecule has 3 nitrogen and oxygen atoms in total. The van der Waals surface area contributed by atoms with Crippen molar-refractivity contribution in [2.24, 2.45) is 0 Å². The van der Waals surface area contributed by atoms with E-state index in [9.17, 15) is 9.18 Å². The molecule has 0 saturated carbocycles. The molecule has 1 aromatic heterocycles. The van der Waals surface area contributed by atoms with E-state index in [1.54, 1.807) is 30.5 Å². The Balaban J connectivity index is 2.16. The van der Waals surface area contributed by atoms with Crippen LogP contribution in [-0.2, 0) is 0 Å². The molecule has 0 bridgehead atoms. The SMILES string of the molecule is Nc1c(Cl)cccc1C(=O)c1c[nH]c2cc(F)ccc12. The van der Waals surface area contributed by atoms with Gasteiger partial charge >= 0.3 is 0 Å². The van der Waals surface area contributed by atoms with E-state index in [4.69, 9.17) is 17.3 Å². The quantitative estimate of drug-likeness (QED) is 0.557. The smallest absolute Gasteiger partial charge is 0.197 e. The summed E-state index contributed by atoms with van der Waals surface area (Å²) in [5.74, 6) is -0.608. The summed E-state index contributed by atoms with van der Waals surface area (Å²) in [5.41, 5.74) is 7.42. The van der Waals surface area contributed by atoms with Crippen molar-refractivity contribution in [1.82, 2.24) is 4.98 Å². The third-order valence-corrected chi connectivity index (χ3v) is 3.52. The van der Waals surface area contributed by atoms with Crippen LogP contribution in [0.2, 0.25) is 5.02 Å². The highest BCUT2D eigenvalue weighted by molar-refractivity contribution is 6.34. The minimum absolute atomic E-state index is 0.246. The van der Waals surface area contributed by atoms with Crippen LogP contribution in [-0.4, -0.2) is 10.8 Å². The number of halogens is 2. The van der Waals surface area contributed by atoms with E-state index in [1.165, 1.54) is 12.1 Å². The lowest BCUT2D eigenvalue weighted by atomic mass is 10.0. The van der Waals surface area contributed by atoms with Gasteiger partial charge in [0.05, 0.1) is 10.7 Å². The van der Waals surface area contributed by atoms with Crippen LogP contribution in [0.4, 0.5) is 10.1 Å². The first-order chi connectivity index (χ1) is 9.58. The van der Waals surface area contributed by atoms with Gasteiger partial charge in [-0.05, 0) is 30.3 Å². The van der Waals surface area contributed by atoms with Crippen molar-refractivity contribution in [2.75, 3.05) is 5.73 Å². The molecule has 0 aliphatic heterocycles. The van der Waals surface area contributed by atoms with E-state index in [2.05, 4.69) is 4.98 Å². The standard InChI is InChI=1S/C15H10ClFN2O/c16-12-3-1-2-10(14(12)18)15(20)11-7-19-13-6-8(17)4-5-9(11)13/h1-7,19H,18H2. The summed E-state index contributed by atoms with van der Waals surface area (Å²) in [4.78, 5) is 15.4. The summed E-state index contributed by atoms with van der Waals surface area (Å²) >= 11 is 5.92. The number of para-hydroxylation sites is 1. The van der Waals surface area contributed by atoms with Crippen molar-refractivity contribution < 1.29 is 9.18 Å². The molecule has 5 heteroatoms. The highest BCUT2D eigenvalue weighted by Gasteiger charge is 2.17. The number of nitrogens with one attached hydrogen (secondary N) is 1. The Hall–Kier alpha value is -2.33. The van der Waals surface area contributed by atoms with Crippen LogP contribution in [0, 0.1) is 5.82 Å². The van der Waals surface area contributed by atoms with Crippen molar-refractivity contribution in [2.45, 2.75) is 0 Å². The zero-order valence-electron chi connectivity index (χ0n) is 10.3. The van der Waals surface area contributed by atoms with E-state index in [0.717, 1.165) is 0 Å². The second-order valence-corrected chi connectivity index (χ2v) is 4.83. The van der Waals surface area contributed by atoms with Crippen LogP contribution in [0.1, 0.15) is 15.9 Å². The Bertz CT molecular complexity index is 826. The lowest BCUT2D eigenvalue weighted by molar-refractivity contribution is 0.104. The number of aromatic amines is 1. The molecule has 0 aliphatic rings. The van der Waals surface area contributed by atoms with Gasteiger partial charge < -0.3 is 10.7 Å². The van der Waals surface area contributed by atoms with Crippen LogP contribution >= 0.6 is 11.6 Å². The number of carbonyl (C=O) groups is 1. The molecule has 0 amide bonds. The predicted molar refractivity (Wildman–Crippen MR) is 77.6 cm³/mol. The molecule has 3 N–H and O–H groups in total. The molecule has 3 aromatic rings. The Kier molecular flexibility index (Phi) is 2.95. The molecular formula is C15H10ClFN2O. The summed E-state index contributed by atoms with van der Waals surface area (Å²) < 4.78 is 13.1. The van der Waals surface area contributed by atoms with Crippen molar-refractivity contribution in [3.05, 3.63) is 64.6 Å². The van der Waals surface area contributed by atoms with Gasteiger partial charge in [0, 0.05) is 28.2 Å². The molecule has 20 heavy (non-hydrogen) atoms. The number of hydrogen-bond acceptors (Lipinski definition) is 2. The van der Waals surface area contributed by atoms with Crippen LogP contribution in [0.15, 0.2) is 42.6 Å². The van der Waals surface area contributed by atoms with Gasteiger partial charge in [0.15, 0.2) is 5.78 Å². The number of hydrogen-bond donors (Lipinski definition) is 2. The molecule has 0 radical (unpaired) electrons. The maximum absolute atomic E-state index is 13.1. The molecule has 1 heterocycles. The number of nitrogen functional groups attached to an aromatic ring is 1. The lowest BCUT2D eigenvalue weighted by Crippen LogP contribution is -2.05. The number of H-pyrrole nitrogens is 1. The number of ketones is 1. The van der Waals surface area contributed by atoms with Crippen LogP contribution in [0.3, 0.4) is 0 Å². The number of fused-ring (bicyclic) bond motifs is 1. The number of benzene rings is 2. The summed E-state index contributed by atoms with van der Waals surface area (Å²) in [7, 11) is 0. The van der Waals surface area contributed by atoms with Gasteiger partial charge in [0.25, 0.3) is 0 Å². The Labute approximate surface area is 119 Å². The number of nitrogens with two attached hydrogens (primary N) is 1. The maximum atomic E-state index is 13.1. The van der Waals surface area contributed by atoms with Gasteiger partial charge in [0.2, 0.25) is 0 Å². The molecular weight excluding hydrogens is 279 g/mol. The summed E-state index contributed by atoms with van der Waals surface area (Å²) in [6.45, 7) is 0. The van der Waals surface area contributed by atoms with Gasteiger partial charge in [0.1, 0.15) is 5.82 Å². The molecule has 0 spiro atoms. The normalized spacial score (nSPS) is 10.9. The fourth-order valence-corrected chi connectivity index (χ4v) is 2.34. The minimum atomic E-state index is -0.361. The summed E-state index contributed by atoms with van der Waals surface area (Å²) in [6, 6.07) is 9.13. The first-order valence-electron chi connectivity index (χ1n) is 5.93.